The van der Waals surface area contributed by atoms with E-state index in [1.807, 2.05) is 6.07 Å². The minimum absolute atomic E-state index is 0.353. The molecule has 0 aliphatic heterocycles. The van der Waals surface area contributed by atoms with E-state index < -0.39 is 0 Å². The van der Waals surface area contributed by atoms with Crippen LogP contribution in [0.3, 0.4) is 0 Å². The molecule has 92 valence electrons. The third kappa shape index (κ3) is 3.10. The van der Waals surface area contributed by atoms with Gasteiger partial charge >= 0.3 is 0 Å². The smallest absolute Gasteiger partial charge is 0.202 e. The average molecular weight is 319 g/mol. The van der Waals surface area contributed by atoms with Gasteiger partial charge in [0.15, 0.2) is 0 Å². The lowest BCUT2D eigenvalue weighted by Crippen LogP contribution is -1.99. The van der Waals surface area contributed by atoms with Crippen LogP contribution in [-0.2, 0) is 6.54 Å². The second-order valence-corrected chi connectivity index (χ2v) is 4.85. The lowest BCUT2D eigenvalue weighted by molar-refractivity contribution is 0.688. The monoisotopic (exact) mass is 317 g/mol. The highest BCUT2D eigenvalue weighted by Gasteiger charge is 2.06. The van der Waals surface area contributed by atoms with Crippen molar-refractivity contribution in [2.24, 2.45) is 4.99 Å². The predicted octanol–water partition coefficient (Wildman–Crippen LogP) is 4.63. The van der Waals surface area contributed by atoms with Crippen molar-refractivity contribution in [1.29, 1.82) is 0 Å². The number of rotatable bonds is 3. The Hall–Kier alpha value is -0.900. The van der Waals surface area contributed by atoms with Gasteiger partial charge in [-0.2, -0.15) is 10.1 Å². The van der Waals surface area contributed by atoms with E-state index in [9.17, 15) is 0 Å². The minimum atomic E-state index is 0.353. The number of thiocarbonyl (C=S) groups is 1. The average Bonchev–Trinajstić information content (AvgIpc) is 2.65. The molecule has 0 saturated carbocycles. The van der Waals surface area contributed by atoms with Crippen molar-refractivity contribution in [3.05, 3.63) is 45.0 Å². The number of aliphatic imine (C=N–C) groups is 1. The second-order valence-electron chi connectivity index (χ2n) is 3.45. The van der Waals surface area contributed by atoms with E-state index in [4.69, 9.17) is 34.8 Å². The van der Waals surface area contributed by atoms with Gasteiger partial charge in [0.05, 0.1) is 21.8 Å². The Morgan fingerprint density at radius 2 is 2.00 bits per heavy atom. The van der Waals surface area contributed by atoms with Crippen LogP contribution < -0.4 is 0 Å². The fourth-order valence-corrected chi connectivity index (χ4v) is 2.01. The zero-order chi connectivity index (χ0) is 13.1. The maximum Gasteiger partial charge on any atom is 0.202 e. The van der Waals surface area contributed by atoms with Gasteiger partial charge in [-0.05, 0) is 29.9 Å². The van der Waals surface area contributed by atoms with Crippen LogP contribution >= 0.6 is 47.0 Å². The fraction of sp³-hybridized carbons (Fsp3) is 0.0909. The van der Waals surface area contributed by atoms with Crippen LogP contribution in [0.15, 0.2) is 29.4 Å². The Kier molecular flexibility index (Phi) is 4.38. The Bertz CT molecular complexity index is 632. The molecule has 1 aromatic heterocycles. The number of hydrogen-bond donors (Lipinski definition) is 0. The molecule has 0 N–H and O–H groups in total. The minimum Gasteiger partial charge on any atom is -0.265 e. The Labute approximate surface area is 124 Å². The summed E-state index contributed by atoms with van der Waals surface area (Å²) in [5.74, 6) is 0.353. The predicted molar refractivity (Wildman–Crippen MR) is 77.5 cm³/mol. The number of nitrogens with zero attached hydrogens (tertiary/aromatic N) is 3. The molecule has 0 amide bonds. The Morgan fingerprint density at radius 1 is 1.22 bits per heavy atom. The van der Waals surface area contributed by atoms with Crippen molar-refractivity contribution < 1.29 is 0 Å². The van der Waals surface area contributed by atoms with Gasteiger partial charge in [0.1, 0.15) is 5.02 Å². The lowest BCUT2D eigenvalue weighted by atomic mass is 10.2. The summed E-state index contributed by atoms with van der Waals surface area (Å²) in [6, 6.07) is 5.38. The Balaban J connectivity index is 2.25. The molecule has 0 unspecified atom stereocenters. The van der Waals surface area contributed by atoms with E-state index >= 15 is 0 Å². The fourth-order valence-electron chi connectivity index (χ4n) is 1.41. The molecule has 3 nitrogen and oxygen atoms in total. The van der Waals surface area contributed by atoms with Crippen LogP contribution in [0.4, 0.5) is 5.82 Å². The van der Waals surface area contributed by atoms with Crippen LogP contribution in [0.1, 0.15) is 5.56 Å². The summed E-state index contributed by atoms with van der Waals surface area (Å²) >= 11 is 22.2. The molecule has 1 heterocycles. The van der Waals surface area contributed by atoms with Crippen LogP contribution in [0.5, 0.6) is 0 Å². The van der Waals surface area contributed by atoms with E-state index in [1.54, 1.807) is 23.0 Å². The molecule has 2 aromatic rings. The zero-order valence-corrected chi connectivity index (χ0v) is 12.0. The summed E-state index contributed by atoms with van der Waals surface area (Å²) < 4.78 is 1.65. The molecular weight excluding hydrogens is 313 g/mol. The molecule has 0 fully saturated rings. The van der Waals surface area contributed by atoms with Crippen molar-refractivity contribution >= 4 is 58.0 Å². The molecule has 0 saturated heterocycles. The maximum absolute atomic E-state index is 5.94. The van der Waals surface area contributed by atoms with Crippen LogP contribution in [0.25, 0.3) is 0 Å². The maximum atomic E-state index is 5.94. The van der Waals surface area contributed by atoms with E-state index in [0.29, 0.717) is 27.4 Å². The third-order valence-corrected chi connectivity index (χ3v) is 3.28. The van der Waals surface area contributed by atoms with Crippen LogP contribution in [0, 0.1) is 0 Å². The molecule has 7 heteroatoms. The van der Waals surface area contributed by atoms with Crippen molar-refractivity contribution in [1.82, 2.24) is 9.78 Å². The van der Waals surface area contributed by atoms with E-state index in [0.717, 1.165) is 5.56 Å². The molecule has 0 aliphatic rings. The largest absolute Gasteiger partial charge is 0.265 e. The summed E-state index contributed by atoms with van der Waals surface area (Å²) in [4.78, 5) is 3.75. The normalized spacial score (nSPS) is 10.2. The summed E-state index contributed by atoms with van der Waals surface area (Å²) in [7, 11) is 0. The molecule has 1 aromatic carbocycles. The van der Waals surface area contributed by atoms with Gasteiger partial charge in [-0.1, -0.05) is 40.9 Å². The quantitative estimate of drug-likeness (QED) is 0.610. The first-order valence-electron chi connectivity index (χ1n) is 4.85. The van der Waals surface area contributed by atoms with Crippen molar-refractivity contribution in [3.8, 4) is 0 Å². The molecule has 18 heavy (non-hydrogen) atoms. The highest BCUT2D eigenvalue weighted by molar-refractivity contribution is 7.78. The second kappa shape index (κ2) is 5.83. The van der Waals surface area contributed by atoms with E-state index in [2.05, 4.69) is 27.5 Å². The van der Waals surface area contributed by atoms with Gasteiger partial charge < -0.3 is 0 Å². The Morgan fingerprint density at radius 3 is 2.67 bits per heavy atom. The van der Waals surface area contributed by atoms with Crippen molar-refractivity contribution in [2.75, 3.05) is 0 Å². The third-order valence-electron chi connectivity index (χ3n) is 2.18. The standard InChI is InChI=1S/C11H6Cl3N3S/c12-8-2-1-7(3-9(8)13)4-17-5-10(14)11(16-17)15-6-18/h1-3,5H,4H2. The first-order valence-corrected chi connectivity index (χ1v) is 6.39. The number of benzene rings is 1. The van der Waals surface area contributed by atoms with Crippen molar-refractivity contribution in [3.63, 3.8) is 0 Å². The summed E-state index contributed by atoms with van der Waals surface area (Å²) in [6.45, 7) is 0.517. The van der Waals surface area contributed by atoms with Crippen molar-refractivity contribution in [2.45, 2.75) is 6.54 Å². The van der Waals surface area contributed by atoms with Gasteiger partial charge in [0, 0.05) is 6.20 Å². The zero-order valence-electron chi connectivity index (χ0n) is 8.90. The molecule has 0 bridgehead atoms. The molecule has 0 atom stereocenters. The molecule has 2 rings (SSSR count). The highest BCUT2D eigenvalue weighted by Crippen LogP contribution is 2.25. The molecular formula is C11H6Cl3N3S. The first-order chi connectivity index (χ1) is 8.60. The lowest BCUT2D eigenvalue weighted by Gasteiger charge is -2.03. The number of halogens is 3. The van der Waals surface area contributed by atoms with Gasteiger partial charge in [-0.25, -0.2) is 0 Å². The summed E-state index contributed by atoms with van der Waals surface area (Å²) in [6.07, 6.45) is 1.66. The topological polar surface area (TPSA) is 30.2 Å². The van der Waals surface area contributed by atoms with Gasteiger partial charge in [0.2, 0.25) is 5.82 Å². The molecule has 0 aliphatic carbocycles. The number of aromatic nitrogens is 2. The summed E-state index contributed by atoms with van der Waals surface area (Å²) in [5.41, 5.74) is 0.960. The van der Waals surface area contributed by atoms with Crippen LogP contribution in [0.2, 0.25) is 15.1 Å². The molecule has 0 spiro atoms. The van der Waals surface area contributed by atoms with Crippen LogP contribution in [-0.4, -0.2) is 14.9 Å². The molecule has 0 radical (unpaired) electrons. The summed E-state index contributed by atoms with van der Waals surface area (Å²) in [5, 5.41) is 7.83. The van der Waals surface area contributed by atoms with Gasteiger partial charge in [0.25, 0.3) is 0 Å². The SMILES string of the molecule is S=C=Nc1nn(Cc2ccc(Cl)c(Cl)c2)cc1Cl. The highest BCUT2D eigenvalue weighted by atomic mass is 35.5. The number of hydrogen-bond acceptors (Lipinski definition) is 3. The van der Waals surface area contributed by atoms with E-state index in [1.165, 1.54) is 0 Å². The van der Waals surface area contributed by atoms with Gasteiger partial charge in [-0.15, -0.1) is 0 Å². The van der Waals surface area contributed by atoms with E-state index in [-0.39, 0.29) is 0 Å². The first kappa shape index (κ1) is 13.5. The number of isothiocyanates is 1. The van der Waals surface area contributed by atoms with Gasteiger partial charge in [-0.3, -0.25) is 4.68 Å².